The van der Waals surface area contributed by atoms with Gasteiger partial charge in [0, 0.05) is 23.8 Å². The molecule has 1 atom stereocenters. The normalized spacial score (nSPS) is 15.9. The summed E-state index contributed by atoms with van der Waals surface area (Å²) in [6.07, 6.45) is 0.900. The summed E-state index contributed by atoms with van der Waals surface area (Å²) in [5, 5.41) is 0. The van der Waals surface area contributed by atoms with E-state index in [1.54, 1.807) is 0 Å². The van der Waals surface area contributed by atoms with Crippen LogP contribution in [0.25, 0.3) is 0 Å². The third-order valence-electron chi connectivity index (χ3n) is 3.83. The number of anilines is 1. The van der Waals surface area contributed by atoms with Gasteiger partial charge < -0.3 is 10.6 Å². The smallest absolute Gasteiger partial charge is 0.258 e. The van der Waals surface area contributed by atoms with E-state index in [9.17, 15) is 4.79 Å². The van der Waals surface area contributed by atoms with Gasteiger partial charge in [0.25, 0.3) is 5.91 Å². The van der Waals surface area contributed by atoms with E-state index < -0.39 is 0 Å². The lowest BCUT2D eigenvalue weighted by Gasteiger charge is -2.28. The first kappa shape index (κ1) is 12.9. The summed E-state index contributed by atoms with van der Waals surface area (Å²) in [7, 11) is 0. The summed E-state index contributed by atoms with van der Waals surface area (Å²) in [6.45, 7) is 2.69. The van der Waals surface area contributed by atoms with Gasteiger partial charge in [-0.05, 0) is 42.7 Å². The van der Waals surface area contributed by atoms with Crippen LogP contribution in [0.5, 0.6) is 0 Å². The molecule has 1 aliphatic heterocycles. The minimum atomic E-state index is 0.0156. The molecule has 3 heteroatoms. The molecule has 1 heterocycles. The number of rotatable bonds is 2. The van der Waals surface area contributed by atoms with Gasteiger partial charge >= 0.3 is 0 Å². The average Bonchev–Trinajstić information content (AvgIpc) is 2.48. The van der Waals surface area contributed by atoms with E-state index in [0.29, 0.717) is 0 Å². The molecule has 0 bridgehead atoms. The SMILES string of the molecule is CC(N)c1ccc(N2CCc3ccccc3C2=O)cc1. The van der Waals surface area contributed by atoms with Crippen molar-refractivity contribution < 1.29 is 4.79 Å². The Bertz CT molecular complexity index is 632. The average molecular weight is 266 g/mol. The number of hydrogen-bond acceptors (Lipinski definition) is 2. The quantitative estimate of drug-likeness (QED) is 0.908. The maximum atomic E-state index is 12.5. The number of nitrogens with zero attached hydrogens (tertiary/aromatic N) is 1. The van der Waals surface area contributed by atoms with Gasteiger partial charge in [0.05, 0.1) is 0 Å². The predicted octanol–water partition coefficient (Wildman–Crippen LogP) is 2.91. The molecule has 0 aliphatic carbocycles. The lowest BCUT2D eigenvalue weighted by molar-refractivity contribution is 0.0980. The van der Waals surface area contributed by atoms with Crippen LogP contribution in [0.15, 0.2) is 48.5 Å². The number of nitrogens with two attached hydrogens (primary N) is 1. The fourth-order valence-corrected chi connectivity index (χ4v) is 2.63. The van der Waals surface area contributed by atoms with E-state index in [-0.39, 0.29) is 11.9 Å². The highest BCUT2D eigenvalue weighted by molar-refractivity contribution is 6.08. The second-order valence-electron chi connectivity index (χ2n) is 5.24. The third kappa shape index (κ3) is 2.21. The first-order valence-electron chi connectivity index (χ1n) is 6.92. The van der Waals surface area contributed by atoms with Gasteiger partial charge in [-0.1, -0.05) is 30.3 Å². The van der Waals surface area contributed by atoms with Gasteiger partial charge in [-0.3, -0.25) is 4.79 Å². The highest BCUT2D eigenvalue weighted by Gasteiger charge is 2.24. The van der Waals surface area contributed by atoms with Crippen LogP contribution >= 0.6 is 0 Å². The van der Waals surface area contributed by atoms with Crippen LogP contribution in [-0.2, 0) is 6.42 Å². The summed E-state index contributed by atoms with van der Waals surface area (Å²) in [6, 6.07) is 15.8. The highest BCUT2D eigenvalue weighted by atomic mass is 16.2. The Morgan fingerprint density at radius 1 is 1.10 bits per heavy atom. The minimum Gasteiger partial charge on any atom is -0.324 e. The van der Waals surface area contributed by atoms with E-state index in [1.165, 1.54) is 0 Å². The summed E-state index contributed by atoms with van der Waals surface area (Å²) in [4.78, 5) is 14.4. The van der Waals surface area contributed by atoms with Crippen molar-refractivity contribution in [2.24, 2.45) is 5.73 Å². The monoisotopic (exact) mass is 266 g/mol. The second-order valence-corrected chi connectivity index (χ2v) is 5.24. The Labute approximate surface area is 119 Å². The molecule has 1 amide bonds. The maximum absolute atomic E-state index is 12.5. The van der Waals surface area contributed by atoms with Crippen molar-refractivity contribution in [3.63, 3.8) is 0 Å². The van der Waals surface area contributed by atoms with Crippen molar-refractivity contribution in [3.8, 4) is 0 Å². The van der Waals surface area contributed by atoms with Crippen molar-refractivity contribution in [3.05, 3.63) is 65.2 Å². The first-order valence-corrected chi connectivity index (χ1v) is 6.92. The second kappa shape index (κ2) is 5.10. The van der Waals surface area contributed by atoms with Crippen molar-refractivity contribution >= 4 is 11.6 Å². The molecule has 0 radical (unpaired) electrons. The molecular formula is C17H18N2O. The van der Waals surface area contributed by atoms with Crippen LogP contribution in [-0.4, -0.2) is 12.5 Å². The fraction of sp³-hybridized carbons (Fsp3) is 0.235. The Hall–Kier alpha value is -2.13. The Morgan fingerprint density at radius 2 is 1.80 bits per heavy atom. The van der Waals surface area contributed by atoms with E-state index in [4.69, 9.17) is 5.73 Å². The Balaban J connectivity index is 1.91. The molecule has 1 unspecified atom stereocenters. The molecule has 102 valence electrons. The molecule has 0 saturated heterocycles. The summed E-state index contributed by atoms with van der Waals surface area (Å²) < 4.78 is 0. The number of hydrogen-bond donors (Lipinski definition) is 1. The molecule has 2 N–H and O–H groups in total. The standard InChI is InChI=1S/C17H18N2O/c1-12(18)13-6-8-15(9-7-13)19-11-10-14-4-2-3-5-16(14)17(19)20/h2-9,12H,10-11,18H2,1H3. The zero-order chi connectivity index (χ0) is 14.1. The highest BCUT2D eigenvalue weighted by Crippen LogP contribution is 2.25. The predicted molar refractivity (Wildman–Crippen MR) is 80.9 cm³/mol. The van der Waals surface area contributed by atoms with Crippen LogP contribution in [0.4, 0.5) is 5.69 Å². The number of benzene rings is 2. The lowest BCUT2D eigenvalue weighted by atomic mass is 9.98. The minimum absolute atomic E-state index is 0.0156. The molecule has 3 rings (SSSR count). The van der Waals surface area contributed by atoms with E-state index in [0.717, 1.165) is 35.3 Å². The van der Waals surface area contributed by atoms with Crippen LogP contribution < -0.4 is 10.6 Å². The molecule has 0 saturated carbocycles. The van der Waals surface area contributed by atoms with Gasteiger partial charge in [0.15, 0.2) is 0 Å². The molecule has 2 aromatic rings. The van der Waals surface area contributed by atoms with Gasteiger partial charge in [-0.15, -0.1) is 0 Å². The van der Waals surface area contributed by atoms with Gasteiger partial charge in [-0.2, -0.15) is 0 Å². The van der Waals surface area contributed by atoms with Crippen molar-refractivity contribution in [1.29, 1.82) is 0 Å². The first-order chi connectivity index (χ1) is 9.66. The number of amides is 1. The van der Waals surface area contributed by atoms with E-state index >= 15 is 0 Å². The molecule has 20 heavy (non-hydrogen) atoms. The summed E-state index contributed by atoms with van der Waals surface area (Å²) in [5.74, 6) is 0.0837. The van der Waals surface area contributed by atoms with E-state index in [1.807, 2.05) is 60.4 Å². The summed E-state index contributed by atoms with van der Waals surface area (Å²) in [5.41, 5.74) is 9.83. The fourth-order valence-electron chi connectivity index (χ4n) is 2.63. The van der Waals surface area contributed by atoms with Crippen molar-refractivity contribution in [2.75, 3.05) is 11.4 Å². The third-order valence-corrected chi connectivity index (χ3v) is 3.83. The van der Waals surface area contributed by atoms with Gasteiger partial charge in [0.1, 0.15) is 0 Å². The Morgan fingerprint density at radius 3 is 2.50 bits per heavy atom. The van der Waals surface area contributed by atoms with Crippen LogP contribution in [0.1, 0.15) is 34.5 Å². The van der Waals surface area contributed by atoms with Gasteiger partial charge in [0.2, 0.25) is 0 Å². The molecule has 0 spiro atoms. The van der Waals surface area contributed by atoms with Crippen LogP contribution in [0, 0.1) is 0 Å². The van der Waals surface area contributed by atoms with Crippen LogP contribution in [0.3, 0.4) is 0 Å². The molecule has 2 aromatic carbocycles. The number of carbonyl (C=O) groups excluding carboxylic acids is 1. The largest absolute Gasteiger partial charge is 0.324 e. The topological polar surface area (TPSA) is 46.3 Å². The van der Waals surface area contributed by atoms with Crippen molar-refractivity contribution in [2.45, 2.75) is 19.4 Å². The molecule has 0 aromatic heterocycles. The zero-order valence-electron chi connectivity index (χ0n) is 11.5. The molecule has 3 nitrogen and oxygen atoms in total. The van der Waals surface area contributed by atoms with Gasteiger partial charge in [-0.25, -0.2) is 0 Å². The molecule has 0 fully saturated rings. The molecule has 1 aliphatic rings. The summed E-state index contributed by atoms with van der Waals surface area (Å²) >= 11 is 0. The van der Waals surface area contributed by atoms with Crippen LogP contribution in [0.2, 0.25) is 0 Å². The van der Waals surface area contributed by atoms with E-state index in [2.05, 4.69) is 0 Å². The lowest BCUT2D eigenvalue weighted by Crippen LogP contribution is -2.37. The molecular weight excluding hydrogens is 248 g/mol. The Kier molecular flexibility index (Phi) is 3.28. The maximum Gasteiger partial charge on any atom is 0.258 e. The number of carbonyl (C=O) groups is 1. The zero-order valence-corrected chi connectivity index (χ0v) is 11.5. The van der Waals surface area contributed by atoms with Crippen molar-refractivity contribution in [1.82, 2.24) is 0 Å². The number of fused-ring (bicyclic) bond motifs is 1.